The third-order valence-electron chi connectivity index (χ3n) is 4.79. The number of imide groups is 1. The largest absolute Gasteiger partial charge is 0.462 e. The van der Waals surface area contributed by atoms with Gasteiger partial charge >= 0.3 is 5.97 Å². The summed E-state index contributed by atoms with van der Waals surface area (Å²) in [6.07, 6.45) is 5.16. The van der Waals surface area contributed by atoms with Gasteiger partial charge in [0.05, 0.1) is 11.0 Å². The van der Waals surface area contributed by atoms with Gasteiger partial charge in [-0.2, -0.15) is 0 Å². The van der Waals surface area contributed by atoms with Crippen LogP contribution < -0.4 is 4.90 Å². The van der Waals surface area contributed by atoms with Crippen molar-refractivity contribution < 1.29 is 19.1 Å². The molecule has 0 bridgehead atoms. The van der Waals surface area contributed by atoms with E-state index in [1.54, 1.807) is 19.9 Å². The maximum Gasteiger partial charge on any atom is 0.326 e. The van der Waals surface area contributed by atoms with E-state index in [9.17, 15) is 14.4 Å². The maximum absolute atomic E-state index is 12.6. The standard InChI is InChI=1S/C21H26N2O4S/c1-14(2)27-19(24)13-23-20(25)18(28-21(23)26)12-16-7-8-17(11-15(16)3)22-9-5-4-6-10-22/h7-8,11-12,14H,4-6,9-10,13H2,1-3H3. The van der Waals surface area contributed by atoms with Crippen LogP contribution in [-0.4, -0.2) is 47.8 Å². The molecule has 7 heteroatoms. The Bertz CT molecular complexity index is 813. The first kappa shape index (κ1) is 20.5. The monoisotopic (exact) mass is 402 g/mol. The lowest BCUT2D eigenvalue weighted by Gasteiger charge is -2.29. The van der Waals surface area contributed by atoms with Gasteiger partial charge in [-0.1, -0.05) is 6.07 Å². The van der Waals surface area contributed by atoms with Crippen LogP contribution in [0.1, 0.15) is 44.2 Å². The molecule has 1 aromatic rings. The number of thioether (sulfide) groups is 1. The van der Waals surface area contributed by atoms with Crippen LogP contribution in [0.5, 0.6) is 0 Å². The van der Waals surface area contributed by atoms with Crippen LogP contribution in [-0.2, 0) is 14.3 Å². The van der Waals surface area contributed by atoms with Crippen LogP contribution in [0.2, 0.25) is 0 Å². The molecule has 2 amide bonds. The average Bonchev–Trinajstić information content (AvgIpc) is 2.91. The lowest BCUT2D eigenvalue weighted by atomic mass is 10.0. The number of ether oxygens (including phenoxy) is 1. The van der Waals surface area contributed by atoms with Gasteiger partial charge in [0.1, 0.15) is 6.54 Å². The molecule has 6 nitrogen and oxygen atoms in total. The van der Waals surface area contributed by atoms with Gasteiger partial charge in [0.15, 0.2) is 0 Å². The molecule has 0 unspecified atom stereocenters. The number of hydrogen-bond donors (Lipinski definition) is 0. The fourth-order valence-electron chi connectivity index (χ4n) is 3.38. The number of carbonyl (C=O) groups excluding carboxylic acids is 3. The molecule has 2 heterocycles. The number of nitrogens with zero attached hydrogens (tertiary/aromatic N) is 2. The minimum Gasteiger partial charge on any atom is -0.462 e. The highest BCUT2D eigenvalue weighted by Crippen LogP contribution is 2.33. The van der Waals surface area contributed by atoms with Crippen molar-refractivity contribution in [2.45, 2.75) is 46.1 Å². The summed E-state index contributed by atoms with van der Waals surface area (Å²) in [7, 11) is 0. The van der Waals surface area contributed by atoms with Crippen molar-refractivity contribution in [1.82, 2.24) is 4.90 Å². The minimum absolute atomic E-state index is 0.288. The zero-order valence-electron chi connectivity index (χ0n) is 16.6. The van der Waals surface area contributed by atoms with E-state index >= 15 is 0 Å². The van der Waals surface area contributed by atoms with Crippen molar-refractivity contribution in [3.63, 3.8) is 0 Å². The predicted octanol–water partition coefficient (Wildman–Crippen LogP) is 3.97. The molecular weight excluding hydrogens is 376 g/mol. The number of hydrogen-bond acceptors (Lipinski definition) is 6. The van der Waals surface area contributed by atoms with Crippen LogP contribution in [0.15, 0.2) is 23.1 Å². The highest BCUT2D eigenvalue weighted by atomic mass is 32.2. The van der Waals surface area contributed by atoms with Gasteiger partial charge in [0.25, 0.3) is 11.1 Å². The summed E-state index contributed by atoms with van der Waals surface area (Å²) in [5.41, 5.74) is 3.14. The Labute approximate surface area is 169 Å². The highest BCUT2D eigenvalue weighted by Gasteiger charge is 2.36. The Balaban J connectivity index is 1.73. The highest BCUT2D eigenvalue weighted by molar-refractivity contribution is 8.18. The molecule has 28 heavy (non-hydrogen) atoms. The van der Waals surface area contributed by atoms with Gasteiger partial charge in [-0.15, -0.1) is 0 Å². The lowest BCUT2D eigenvalue weighted by Crippen LogP contribution is -2.35. The van der Waals surface area contributed by atoms with Crippen molar-refractivity contribution in [3.8, 4) is 0 Å². The molecule has 0 spiro atoms. The number of amides is 2. The van der Waals surface area contributed by atoms with Crippen LogP contribution in [0.25, 0.3) is 6.08 Å². The summed E-state index contributed by atoms with van der Waals surface area (Å²) in [5, 5.41) is -0.445. The molecule has 0 saturated carbocycles. The van der Waals surface area contributed by atoms with Crippen LogP contribution in [0.3, 0.4) is 0 Å². The molecule has 3 rings (SSSR count). The zero-order valence-corrected chi connectivity index (χ0v) is 17.4. The average molecular weight is 403 g/mol. The minimum atomic E-state index is -0.583. The lowest BCUT2D eigenvalue weighted by molar-refractivity contribution is -0.149. The van der Waals surface area contributed by atoms with Gasteiger partial charge in [0.2, 0.25) is 0 Å². The van der Waals surface area contributed by atoms with E-state index in [0.29, 0.717) is 4.91 Å². The van der Waals surface area contributed by atoms with Crippen LogP contribution in [0, 0.1) is 6.92 Å². The van der Waals surface area contributed by atoms with E-state index < -0.39 is 17.1 Å². The second-order valence-electron chi connectivity index (χ2n) is 7.40. The summed E-state index contributed by atoms with van der Waals surface area (Å²) >= 11 is 0.859. The summed E-state index contributed by atoms with van der Waals surface area (Å²) in [5.74, 6) is -1.03. The Kier molecular flexibility index (Phi) is 6.44. The number of anilines is 1. The molecular formula is C21H26N2O4S. The second kappa shape index (κ2) is 8.82. The smallest absolute Gasteiger partial charge is 0.326 e. The van der Waals surface area contributed by atoms with Crippen molar-refractivity contribution in [2.75, 3.05) is 24.5 Å². The van der Waals surface area contributed by atoms with Crippen molar-refractivity contribution in [2.24, 2.45) is 0 Å². The predicted molar refractivity (Wildman–Crippen MR) is 111 cm³/mol. The van der Waals surface area contributed by atoms with E-state index in [4.69, 9.17) is 4.74 Å². The molecule has 0 radical (unpaired) electrons. The van der Waals surface area contributed by atoms with Crippen LogP contribution >= 0.6 is 11.8 Å². The number of aryl methyl sites for hydroxylation is 1. The van der Waals surface area contributed by atoms with Gasteiger partial charge in [-0.3, -0.25) is 19.3 Å². The van der Waals surface area contributed by atoms with E-state index in [-0.39, 0.29) is 12.6 Å². The molecule has 150 valence electrons. The van der Waals surface area contributed by atoms with E-state index in [1.165, 1.54) is 24.9 Å². The van der Waals surface area contributed by atoms with Gasteiger partial charge < -0.3 is 9.64 Å². The fourth-order valence-corrected chi connectivity index (χ4v) is 4.21. The second-order valence-corrected chi connectivity index (χ2v) is 8.39. The molecule has 2 saturated heterocycles. The Hall–Kier alpha value is -2.28. The Morgan fingerprint density at radius 3 is 2.57 bits per heavy atom. The molecule has 0 aromatic heterocycles. The Morgan fingerprint density at radius 1 is 1.21 bits per heavy atom. The number of rotatable bonds is 5. The molecule has 0 N–H and O–H groups in total. The third kappa shape index (κ3) is 4.76. The van der Waals surface area contributed by atoms with Gasteiger partial charge in [-0.05, 0) is 81.1 Å². The summed E-state index contributed by atoms with van der Waals surface area (Å²) < 4.78 is 5.03. The van der Waals surface area contributed by atoms with E-state index in [2.05, 4.69) is 17.0 Å². The third-order valence-corrected chi connectivity index (χ3v) is 5.70. The summed E-state index contributed by atoms with van der Waals surface area (Å²) in [4.78, 5) is 40.2. The molecule has 2 fully saturated rings. The first-order valence-electron chi connectivity index (χ1n) is 9.65. The number of carbonyl (C=O) groups is 3. The number of benzene rings is 1. The fraction of sp³-hybridized carbons (Fsp3) is 0.476. The quantitative estimate of drug-likeness (QED) is 0.548. The molecule has 0 aliphatic carbocycles. The van der Waals surface area contributed by atoms with Gasteiger partial charge in [-0.25, -0.2) is 0 Å². The summed E-state index contributed by atoms with van der Waals surface area (Å²) in [6, 6.07) is 6.18. The van der Waals surface area contributed by atoms with E-state index in [1.807, 2.05) is 13.0 Å². The molecule has 0 atom stereocenters. The van der Waals surface area contributed by atoms with Crippen molar-refractivity contribution in [1.29, 1.82) is 0 Å². The normalized spacial score (nSPS) is 19.1. The molecule has 2 aliphatic heterocycles. The maximum atomic E-state index is 12.6. The molecule has 2 aliphatic rings. The SMILES string of the molecule is Cc1cc(N2CCCCC2)ccc1C=C1SC(=O)N(CC(=O)OC(C)C)C1=O. The first-order valence-corrected chi connectivity index (χ1v) is 10.5. The number of esters is 1. The summed E-state index contributed by atoms with van der Waals surface area (Å²) in [6.45, 7) is 7.24. The number of piperidine rings is 1. The zero-order chi connectivity index (χ0) is 20.3. The first-order chi connectivity index (χ1) is 13.3. The topological polar surface area (TPSA) is 66.9 Å². The van der Waals surface area contributed by atoms with Crippen LogP contribution in [0.4, 0.5) is 10.5 Å². The van der Waals surface area contributed by atoms with E-state index in [0.717, 1.165) is 40.9 Å². The Morgan fingerprint density at radius 2 is 1.93 bits per heavy atom. The molecule has 1 aromatic carbocycles. The van der Waals surface area contributed by atoms with Crippen molar-refractivity contribution >= 4 is 40.6 Å². The van der Waals surface area contributed by atoms with Crippen molar-refractivity contribution in [3.05, 3.63) is 34.2 Å². The van der Waals surface area contributed by atoms with Gasteiger partial charge in [0, 0.05) is 18.8 Å².